The van der Waals surface area contributed by atoms with E-state index in [0.717, 1.165) is 21.3 Å². The summed E-state index contributed by atoms with van der Waals surface area (Å²) >= 11 is 3.45. The Kier molecular flexibility index (Phi) is 5.40. The Labute approximate surface area is 154 Å². The van der Waals surface area contributed by atoms with Crippen molar-refractivity contribution in [2.24, 2.45) is 0 Å². The number of aromatic nitrogens is 2. The normalized spacial score (nSPS) is 10.3. The summed E-state index contributed by atoms with van der Waals surface area (Å²) in [5.41, 5.74) is 3.55. The quantitative estimate of drug-likeness (QED) is 0.677. The van der Waals surface area contributed by atoms with E-state index in [2.05, 4.69) is 36.5 Å². The fourth-order valence-electron chi connectivity index (χ4n) is 2.29. The number of hydrogen-bond acceptors (Lipinski definition) is 4. The van der Waals surface area contributed by atoms with Crippen LogP contribution < -0.4 is 10.6 Å². The van der Waals surface area contributed by atoms with Gasteiger partial charge < -0.3 is 10.6 Å². The molecule has 2 aromatic heterocycles. The van der Waals surface area contributed by atoms with Gasteiger partial charge in [0.1, 0.15) is 5.82 Å². The molecule has 0 unspecified atom stereocenters. The summed E-state index contributed by atoms with van der Waals surface area (Å²) in [6, 6.07) is 13.3. The summed E-state index contributed by atoms with van der Waals surface area (Å²) in [6.45, 7) is 2.46. The summed E-state index contributed by atoms with van der Waals surface area (Å²) in [6.07, 6.45) is 5.00. The number of amides is 1. The zero-order chi connectivity index (χ0) is 17.6. The van der Waals surface area contributed by atoms with Crippen molar-refractivity contribution in [2.75, 3.05) is 5.32 Å². The molecule has 3 aromatic rings. The van der Waals surface area contributed by atoms with Crippen molar-refractivity contribution in [3.05, 3.63) is 82.2 Å². The molecule has 0 atom stereocenters. The van der Waals surface area contributed by atoms with Crippen LogP contribution in [0.4, 0.5) is 11.5 Å². The van der Waals surface area contributed by atoms with Gasteiger partial charge in [0.25, 0.3) is 5.91 Å². The highest BCUT2D eigenvalue weighted by Gasteiger charge is 2.07. The van der Waals surface area contributed by atoms with E-state index in [1.807, 2.05) is 37.3 Å². The first-order valence-corrected chi connectivity index (χ1v) is 8.57. The molecular weight excluding hydrogens is 380 g/mol. The molecule has 2 N–H and O–H groups in total. The Morgan fingerprint density at radius 3 is 2.72 bits per heavy atom. The van der Waals surface area contributed by atoms with Crippen LogP contribution in [0.1, 0.15) is 21.5 Å². The number of nitrogens with zero attached hydrogens (tertiary/aromatic N) is 2. The minimum atomic E-state index is -0.164. The number of rotatable bonds is 5. The first-order chi connectivity index (χ1) is 12.1. The zero-order valence-electron chi connectivity index (χ0n) is 13.7. The summed E-state index contributed by atoms with van der Waals surface area (Å²) < 4.78 is 1.03. The third-order valence-corrected chi connectivity index (χ3v) is 4.15. The Morgan fingerprint density at radius 1 is 1.16 bits per heavy atom. The molecule has 1 amide bonds. The average molecular weight is 397 g/mol. The first kappa shape index (κ1) is 17.1. The van der Waals surface area contributed by atoms with E-state index in [4.69, 9.17) is 0 Å². The molecule has 0 fully saturated rings. The van der Waals surface area contributed by atoms with Gasteiger partial charge in [0.15, 0.2) is 0 Å². The maximum Gasteiger partial charge on any atom is 0.253 e. The van der Waals surface area contributed by atoms with Gasteiger partial charge in [-0.05, 0) is 54.4 Å². The van der Waals surface area contributed by atoms with Crippen LogP contribution in [0.25, 0.3) is 0 Å². The van der Waals surface area contributed by atoms with Crippen molar-refractivity contribution in [2.45, 2.75) is 13.5 Å². The SMILES string of the molecule is Cc1cc(Br)ccc1Nc1ccc(C(=O)NCc2cccnc2)cn1. The Balaban J connectivity index is 1.62. The van der Waals surface area contributed by atoms with Gasteiger partial charge >= 0.3 is 0 Å². The molecule has 126 valence electrons. The largest absolute Gasteiger partial charge is 0.348 e. The van der Waals surface area contributed by atoms with Crippen LogP contribution in [0.2, 0.25) is 0 Å². The van der Waals surface area contributed by atoms with Crippen LogP contribution in [0.3, 0.4) is 0 Å². The highest BCUT2D eigenvalue weighted by Crippen LogP contribution is 2.22. The Morgan fingerprint density at radius 2 is 2.04 bits per heavy atom. The van der Waals surface area contributed by atoms with Gasteiger partial charge in [0.2, 0.25) is 0 Å². The van der Waals surface area contributed by atoms with E-state index >= 15 is 0 Å². The molecule has 0 aliphatic rings. The number of anilines is 2. The number of nitrogens with one attached hydrogen (secondary N) is 2. The summed E-state index contributed by atoms with van der Waals surface area (Å²) in [5, 5.41) is 6.11. The lowest BCUT2D eigenvalue weighted by Gasteiger charge is -2.10. The van der Waals surface area contributed by atoms with Crippen molar-refractivity contribution < 1.29 is 4.79 Å². The third-order valence-electron chi connectivity index (χ3n) is 3.65. The second-order valence-corrected chi connectivity index (χ2v) is 6.48. The lowest BCUT2D eigenvalue weighted by molar-refractivity contribution is 0.0950. The second kappa shape index (κ2) is 7.90. The van der Waals surface area contributed by atoms with Gasteiger partial charge in [0, 0.05) is 35.3 Å². The van der Waals surface area contributed by atoms with Crippen LogP contribution >= 0.6 is 15.9 Å². The minimum absolute atomic E-state index is 0.164. The number of benzene rings is 1. The molecule has 0 bridgehead atoms. The predicted molar refractivity (Wildman–Crippen MR) is 102 cm³/mol. The van der Waals surface area contributed by atoms with E-state index in [1.165, 1.54) is 0 Å². The molecule has 0 aliphatic carbocycles. The van der Waals surface area contributed by atoms with E-state index in [-0.39, 0.29) is 5.91 Å². The predicted octanol–water partition coefficient (Wildman–Crippen LogP) is 4.22. The maximum atomic E-state index is 12.2. The average Bonchev–Trinajstić information content (AvgIpc) is 2.63. The van der Waals surface area contributed by atoms with E-state index in [9.17, 15) is 4.79 Å². The molecule has 6 heteroatoms. The van der Waals surface area contributed by atoms with Crippen LogP contribution in [-0.4, -0.2) is 15.9 Å². The van der Waals surface area contributed by atoms with Crippen molar-refractivity contribution in [3.63, 3.8) is 0 Å². The van der Waals surface area contributed by atoms with E-state index < -0.39 is 0 Å². The lowest BCUT2D eigenvalue weighted by Crippen LogP contribution is -2.22. The number of hydrogen-bond donors (Lipinski definition) is 2. The van der Waals surface area contributed by atoms with Gasteiger partial charge in [-0.3, -0.25) is 9.78 Å². The molecule has 25 heavy (non-hydrogen) atoms. The molecule has 3 rings (SSSR count). The van der Waals surface area contributed by atoms with Crippen molar-refractivity contribution in [1.82, 2.24) is 15.3 Å². The summed E-state index contributed by atoms with van der Waals surface area (Å²) in [7, 11) is 0. The van der Waals surface area contributed by atoms with Gasteiger partial charge in [-0.1, -0.05) is 22.0 Å². The number of carbonyl (C=O) groups is 1. The number of halogens is 1. The van der Waals surface area contributed by atoms with E-state index in [0.29, 0.717) is 17.9 Å². The number of pyridine rings is 2. The molecule has 0 saturated heterocycles. The topological polar surface area (TPSA) is 66.9 Å². The van der Waals surface area contributed by atoms with Gasteiger partial charge in [0.05, 0.1) is 5.56 Å². The number of carbonyl (C=O) groups excluding carboxylic acids is 1. The molecule has 0 aliphatic heterocycles. The molecule has 0 radical (unpaired) electrons. The zero-order valence-corrected chi connectivity index (χ0v) is 15.2. The fraction of sp³-hybridized carbons (Fsp3) is 0.105. The summed E-state index contributed by atoms with van der Waals surface area (Å²) in [4.78, 5) is 20.5. The van der Waals surface area contributed by atoms with E-state index in [1.54, 1.807) is 30.7 Å². The maximum absolute atomic E-state index is 12.2. The molecule has 1 aromatic carbocycles. The standard InChI is InChI=1S/C19H17BrN4O/c1-13-9-16(20)5-6-17(13)24-18-7-4-15(12-22-18)19(25)23-11-14-3-2-8-21-10-14/h2-10,12H,11H2,1H3,(H,22,24)(H,23,25). The van der Waals surface area contributed by atoms with Crippen LogP contribution in [0.15, 0.2) is 65.5 Å². The molecule has 0 spiro atoms. The van der Waals surface area contributed by atoms with Gasteiger partial charge in [-0.25, -0.2) is 4.98 Å². The third kappa shape index (κ3) is 4.64. The first-order valence-electron chi connectivity index (χ1n) is 7.78. The van der Waals surface area contributed by atoms with Gasteiger partial charge in [-0.2, -0.15) is 0 Å². The molecule has 2 heterocycles. The Bertz CT molecular complexity index is 866. The van der Waals surface area contributed by atoms with Crippen LogP contribution in [0, 0.1) is 6.92 Å². The highest BCUT2D eigenvalue weighted by molar-refractivity contribution is 9.10. The van der Waals surface area contributed by atoms with Crippen molar-refractivity contribution in [1.29, 1.82) is 0 Å². The van der Waals surface area contributed by atoms with Crippen LogP contribution in [0.5, 0.6) is 0 Å². The molecule has 5 nitrogen and oxygen atoms in total. The van der Waals surface area contributed by atoms with Crippen molar-refractivity contribution in [3.8, 4) is 0 Å². The highest BCUT2D eigenvalue weighted by atomic mass is 79.9. The lowest BCUT2D eigenvalue weighted by atomic mass is 10.2. The van der Waals surface area contributed by atoms with Gasteiger partial charge in [-0.15, -0.1) is 0 Å². The minimum Gasteiger partial charge on any atom is -0.348 e. The fourth-order valence-corrected chi connectivity index (χ4v) is 2.77. The smallest absolute Gasteiger partial charge is 0.253 e. The monoisotopic (exact) mass is 396 g/mol. The molecular formula is C19H17BrN4O. The number of aryl methyl sites for hydroxylation is 1. The Hall–Kier alpha value is -2.73. The molecule has 0 saturated carbocycles. The van der Waals surface area contributed by atoms with Crippen LogP contribution in [-0.2, 0) is 6.54 Å². The van der Waals surface area contributed by atoms with Crippen molar-refractivity contribution >= 4 is 33.3 Å². The second-order valence-electron chi connectivity index (χ2n) is 5.56. The summed E-state index contributed by atoms with van der Waals surface area (Å²) in [5.74, 6) is 0.525.